The number of rotatable bonds is 6. The van der Waals surface area contributed by atoms with Gasteiger partial charge in [0.1, 0.15) is 17.1 Å². The Hall–Kier alpha value is -2.86. The van der Waals surface area contributed by atoms with Crippen LogP contribution in [0, 0.1) is 12.7 Å². The number of fused-ring (bicyclic) bond motifs is 1. The third-order valence-corrected chi connectivity index (χ3v) is 6.14. The summed E-state index contributed by atoms with van der Waals surface area (Å²) < 4.78 is 24.6. The molecule has 1 aliphatic heterocycles. The van der Waals surface area contributed by atoms with E-state index in [0.29, 0.717) is 23.1 Å². The first-order chi connectivity index (χ1) is 15.1. The highest BCUT2D eigenvalue weighted by atomic mass is 19.1. The zero-order valence-electron chi connectivity index (χ0n) is 18.1. The smallest absolute Gasteiger partial charge is 0.287 e. The van der Waals surface area contributed by atoms with E-state index < -0.39 is 0 Å². The first-order valence-corrected chi connectivity index (χ1v) is 10.9. The van der Waals surface area contributed by atoms with Gasteiger partial charge in [-0.15, -0.1) is 0 Å². The monoisotopic (exact) mass is 424 g/mol. The lowest BCUT2D eigenvalue weighted by atomic mass is 10.0. The largest absolute Gasteiger partial charge is 0.497 e. The minimum absolute atomic E-state index is 0.0649. The Bertz CT molecular complexity index is 1040. The van der Waals surface area contributed by atoms with Crippen LogP contribution in [0.5, 0.6) is 5.75 Å². The van der Waals surface area contributed by atoms with E-state index >= 15 is 0 Å². The van der Waals surface area contributed by atoms with Crippen molar-refractivity contribution in [3.8, 4) is 5.75 Å². The number of amides is 1. The van der Waals surface area contributed by atoms with Gasteiger partial charge in [0.15, 0.2) is 5.76 Å². The minimum atomic E-state index is -0.343. The Balaban J connectivity index is 1.55. The first kappa shape index (κ1) is 21.4. The number of carbonyl (C=O) groups excluding carboxylic acids is 1. The predicted octanol–water partition coefficient (Wildman–Crippen LogP) is 5.24. The van der Waals surface area contributed by atoms with Crippen LogP contribution >= 0.6 is 0 Å². The van der Waals surface area contributed by atoms with Crippen LogP contribution < -0.4 is 10.1 Å². The van der Waals surface area contributed by atoms with Gasteiger partial charge in [0, 0.05) is 17.5 Å². The number of nitrogens with one attached hydrogen (secondary N) is 1. The number of nitrogens with zero attached hydrogens (tertiary/aromatic N) is 1. The number of aryl methyl sites for hydroxylation is 1. The third-order valence-electron chi connectivity index (χ3n) is 6.14. The summed E-state index contributed by atoms with van der Waals surface area (Å²) in [7, 11) is 1.66. The van der Waals surface area contributed by atoms with Gasteiger partial charge in [-0.05, 0) is 68.8 Å². The van der Waals surface area contributed by atoms with Gasteiger partial charge in [-0.25, -0.2) is 4.39 Å². The Kier molecular flexibility index (Phi) is 6.56. The maximum atomic E-state index is 13.6. The molecule has 1 fully saturated rings. The molecule has 0 aliphatic carbocycles. The molecule has 1 N–H and O–H groups in total. The summed E-state index contributed by atoms with van der Waals surface area (Å²) in [5.74, 6) is 0.434. The molecular weight excluding hydrogens is 395 g/mol. The van der Waals surface area contributed by atoms with Crippen LogP contribution in [0.3, 0.4) is 0 Å². The van der Waals surface area contributed by atoms with E-state index in [2.05, 4.69) is 22.3 Å². The van der Waals surface area contributed by atoms with Crippen molar-refractivity contribution in [3.05, 3.63) is 65.2 Å². The number of hydrogen-bond acceptors (Lipinski definition) is 4. The molecule has 2 heterocycles. The fourth-order valence-corrected chi connectivity index (χ4v) is 4.37. The Morgan fingerprint density at radius 1 is 1.13 bits per heavy atom. The van der Waals surface area contributed by atoms with Crippen LogP contribution in [0.1, 0.15) is 53.4 Å². The molecule has 1 atom stereocenters. The van der Waals surface area contributed by atoms with Gasteiger partial charge in [-0.3, -0.25) is 9.69 Å². The fourth-order valence-electron chi connectivity index (χ4n) is 4.37. The molecule has 1 aliphatic rings. The molecule has 1 amide bonds. The lowest BCUT2D eigenvalue weighted by molar-refractivity contribution is 0.0907. The van der Waals surface area contributed by atoms with Crippen molar-refractivity contribution in [2.24, 2.45) is 0 Å². The van der Waals surface area contributed by atoms with Gasteiger partial charge in [-0.1, -0.05) is 25.0 Å². The molecule has 0 spiro atoms. The third kappa shape index (κ3) is 4.74. The van der Waals surface area contributed by atoms with Crippen molar-refractivity contribution in [2.45, 2.75) is 38.6 Å². The molecule has 0 radical (unpaired) electrons. The average Bonchev–Trinajstić information content (AvgIpc) is 2.95. The SMILES string of the molecule is COc1ccc([C@@H](CNC(=O)c2oc3ccc(F)cc3c2C)N2CCCCCC2)cc1. The quantitative estimate of drug-likeness (QED) is 0.588. The Morgan fingerprint density at radius 3 is 2.52 bits per heavy atom. The van der Waals surface area contributed by atoms with E-state index in [-0.39, 0.29) is 23.5 Å². The van der Waals surface area contributed by atoms with Crippen molar-refractivity contribution in [1.29, 1.82) is 0 Å². The summed E-state index contributed by atoms with van der Waals surface area (Å²) in [6.07, 6.45) is 4.81. The van der Waals surface area contributed by atoms with Crippen LogP contribution in [-0.4, -0.2) is 37.6 Å². The van der Waals surface area contributed by atoms with Crippen molar-refractivity contribution in [1.82, 2.24) is 10.2 Å². The summed E-state index contributed by atoms with van der Waals surface area (Å²) in [4.78, 5) is 15.4. The van der Waals surface area contributed by atoms with Gasteiger partial charge < -0.3 is 14.5 Å². The van der Waals surface area contributed by atoms with Gasteiger partial charge >= 0.3 is 0 Å². The van der Waals surface area contributed by atoms with Gasteiger partial charge in [0.05, 0.1) is 13.2 Å². The standard InChI is InChI=1S/C25H29FN2O3/c1-17-21-15-19(26)9-12-23(21)31-24(17)25(29)27-16-22(28-13-5-3-4-6-14-28)18-7-10-20(30-2)11-8-18/h7-12,15,22H,3-6,13-14,16H2,1-2H3,(H,27,29)/t22-/m1/s1. The fraction of sp³-hybridized carbons (Fsp3) is 0.400. The number of benzene rings is 2. The van der Waals surface area contributed by atoms with Crippen LogP contribution in [0.25, 0.3) is 11.0 Å². The van der Waals surface area contributed by atoms with Gasteiger partial charge in [0.2, 0.25) is 0 Å². The molecule has 164 valence electrons. The van der Waals surface area contributed by atoms with Gasteiger partial charge in [0.25, 0.3) is 5.91 Å². The zero-order chi connectivity index (χ0) is 21.8. The van der Waals surface area contributed by atoms with E-state index in [4.69, 9.17) is 9.15 Å². The molecule has 0 bridgehead atoms. The summed E-state index contributed by atoms with van der Waals surface area (Å²) in [5, 5.41) is 3.69. The highest BCUT2D eigenvalue weighted by Crippen LogP contribution is 2.28. The van der Waals surface area contributed by atoms with E-state index in [0.717, 1.165) is 37.2 Å². The summed E-state index contributed by atoms with van der Waals surface area (Å²) >= 11 is 0. The number of methoxy groups -OCH3 is 1. The van der Waals surface area contributed by atoms with Crippen molar-refractivity contribution >= 4 is 16.9 Å². The molecule has 4 rings (SSSR count). The Labute approximate surface area is 182 Å². The van der Waals surface area contributed by atoms with Crippen LogP contribution in [0.4, 0.5) is 4.39 Å². The van der Waals surface area contributed by atoms with E-state index in [1.807, 2.05) is 12.1 Å². The molecule has 3 aromatic rings. The predicted molar refractivity (Wildman–Crippen MR) is 119 cm³/mol. The molecule has 0 saturated carbocycles. The first-order valence-electron chi connectivity index (χ1n) is 10.9. The normalized spacial score (nSPS) is 16.1. The maximum absolute atomic E-state index is 13.6. The van der Waals surface area contributed by atoms with E-state index in [1.165, 1.54) is 25.0 Å². The molecule has 1 aromatic heterocycles. The van der Waals surface area contributed by atoms with Crippen molar-refractivity contribution in [2.75, 3.05) is 26.7 Å². The number of carbonyl (C=O) groups is 1. The summed E-state index contributed by atoms with van der Waals surface area (Å²) in [6, 6.07) is 12.4. The minimum Gasteiger partial charge on any atom is -0.497 e. The number of likely N-dealkylation sites (tertiary alicyclic amines) is 1. The molecule has 1 saturated heterocycles. The van der Waals surface area contributed by atoms with Crippen LogP contribution in [0.2, 0.25) is 0 Å². The highest BCUT2D eigenvalue weighted by Gasteiger charge is 2.24. The zero-order valence-corrected chi connectivity index (χ0v) is 18.1. The second-order valence-electron chi connectivity index (χ2n) is 8.15. The molecule has 6 heteroatoms. The molecular formula is C25H29FN2O3. The average molecular weight is 425 g/mol. The molecule has 31 heavy (non-hydrogen) atoms. The second kappa shape index (κ2) is 9.52. The lowest BCUT2D eigenvalue weighted by Gasteiger charge is -2.31. The molecule has 0 unspecified atom stereocenters. The van der Waals surface area contributed by atoms with Crippen molar-refractivity contribution < 1.29 is 18.3 Å². The van der Waals surface area contributed by atoms with E-state index in [9.17, 15) is 9.18 Å². The Morgan fingerprint density at radius 2 is 1.84 bits per heavy atom. The number of hydrogen-bond donors (Lipinski definition) is 1. The molecule has 2 aromatic carbocycles. The number of furan rings is 1. The highest BCUT2D eigenvalue weighted by molar-refractivity contribution is 5.98. The van der Waals surface area contributed by atoms with Crippen LogP contribution in [-0.2, 0) is 0 Å². The number of halogens is 1. The molecule has 5 nitrogen and oxygen atoms in total. The second-order valence-corrected chi connectivity index (χ2v) is 8.15. The number of ether oxygens (including phenoxy) is 1. The van der Waals surface area contributed by atoms with E-state index in [1.54, 1.807) is 20.1 Å². The van der Waals surface area contributed by atoms with Crippen molar-refractivity contribution in [3.63, 3.8) is 0 Å². The van der Waals surface area contributed by atoms with Gasteiger partial charge in [-0.2, -0.15) is 0 Å². The topological polar surface area (TPSA) is 54.7 Å². The summed E-state index contributed by atoms with van der Waals surface area (Å²) in [5.41, 5.74) is 2.32. The lowest BCUT2D eigenvalue weighted by Crippen LogP contribution is -2.38. The summed E-state index contributed by atoms with van der Waals surface area (Å²) in [6.45, 7) is 4.27. The van der Waals surface area contributed by atoms with Crippen LogP contribution in [0.15, 0.2) is 46.9 Å². The maximum Gasteiger partial charge on any atom is 0.287 e.